The molecule has 1 aliphatic rings. The van der Waals surface area contributed by atoms with E-state index in [4.69, 9.17) is 0 Å². The molecule has 9 heteroatoms. The van der Waals surface area contributed by atoms with Gasteiger partial charge in [0.15, 0.2) is 5.17 Å². The van der Waals surface area contributed by atoms with Crippen molar-refractivity contribution in [2.75, 3.05) is 18.0 Å². The summed E-state index contributed by atoms with van der Waals surface area (Å²) in [5.74, 6) is -0.225. The predicted molar refractivity (Wildman–Crippen MR) is 122 cm³/mol. The summed E-state index contributed by atoms with van der Waals surface area (Å²) < 4.78 is 0. The van der Waals surface area contributed by atoms with Crippen LogP contribution in [0, 0.1) is 10.1 Å². The SMILES string of the molecule is CCN(CC)c1ccc(/C=C2/S/C(=N/N=C\c3ccc([N+](=O)[O-])cc3)NC2=O)cc1. The van der Waals surface area contributed by atoms with Gasteiger partial charge in [0.25, 0.3) is 11.6 Å². The maximum atomic E-state index is 12.2. The topological polar surface area (TPSA) is 100 Å². The third kappa shape index (κ3) is 5.32. The molecule has 2 aromatic carbocycles. The standard InChI is InChI=1S/C21H21N5O3S/c1-3-25(4-2)17-9-5-15(6-10-17)13-19-20(27)23-21(30-19)24-22-14-16-7-11-18(12-8-16)26(28)29/h5-14H,3-4H2,1-2H3,(H,23,24,27)/b19-13+,22-14-. The maximum Gasteiger partial charge on any atom is 0.269 e. The Morgan fingerprint density at radius 3 is 2.30 bits per heavy atom. The Morgan fingerprint density at radius 1 is 1.07 bits per heavy atom. The summed E-state index contributed by atoms with van der Waals surface area (Å²) in [6, 6.07) is 14.0. The summed E-state index contributed by atoms with van der Waals surface area (Å²) in [6.45, 7) is 6.11. The van der Waals surface area contributed by atoms with E-state index < -0.39 is 4.92 Å². The summed E-state index contributed by atoms with van der Waals surface area (Å²) >= 11 is 1.21. The Labute approximate surface area is 178 Å². The van der Waals surface area contributed by atoms with E-state index in [0.717, 1.165) is 24.3 Å². The van der Waals surface area contributed by atoms with E-state index in [9.17, 15) is 14.9 Å². The maximum absolute atomic E-state index is 12.2. The van der Waals surface area contributed by atoms with E-state index in [1.807, 2.05) is 30.3 Å². The number of amides is 1. The van der Waals surface area contributed by atoms with Crippen LogP contribution < -0.4 is 10.2 Å². The van der Waals surface area contributed by atoms with Gasteiger partial charge < -0.3 is 4.90 Å². The first-order valence-electron chi connectivity index (χ1n) is 9.41. The molecule has 1 N–H and O–H groups in total. The minimum absolute atomic E-state index is 0.0111. The first-order chi connectivity index (χ1) is 14.5. The zero-order valence-corrected chi connectivity index (χ0v) is 17.4. The fourth-order valence-corrected chi connectivity index (χ4v) is 3.61. The van der Waals surface area contributed by atoms with Gasteiger partial charge in [0.2, 0.25) is 0 Å². The van der Waals surface area contributed by atoms with Crippen molar-refractivity contribution in [1.82, 2.24) is 5.32 Å². The number of hydrogen-bond donors (Lipinski definition) is 1. The average molecular weight is 423 g/mol. The zero-order valence-electron chi connectivity index (χ0n) is 16.6. The van der Waals surface area contributed by atoms with Crippen molar-refractivity contribution in [2.45, 2.75) is 13.8 Å². The molecule has 0 unspecified atom stereocenters. The molecule has 0 aliphatic carbocycles. The van der Waals surface area contributed by atoms with Crippen LogP contribution in [0.5, 0.6) is 0 Å². The smallest absolute Gasteiger partial charge is 0.269 e. The lowest BCUT2D eigenvalue weighted by molar-refractivity contribution is -0.384. The van der Waals surface area contributed by atoms with E-state index in [1.165, 1.54) is 30.1 Å². The molecule has 0 bridgehead atoms. The lowest BCUT2D eigenvalue weighted by Gasteiger charge is -2.20. The fourth-order valence-electron chi connectivity index (χ4n) is 2.83. The summed E-state index contributed by atoms with van der Waals surface area (Å²) in [5.41, 5.74) is 2.76. The van der Waals surface area contributed by atoms with E-state index >= 15 is 0 Å². The molecule has 0 atom stereocenters. The van der Waals surface area contributed by atoms with E-state index in [-0.39, 0.29) is 11.6 Å². The number of amidine groups is 1. The second-order valence-corrected chi connectivity index (χ2v) is 7.36. The Morgan fingerprint density at radius 2 is 1.70 bits per heavy atom. The summed E-state index contributed by atoms with van der Waals surface area (Å²) in [4.78, 5) is 25.2. The number of rotatable bonds is 7. The van der Waals surface area contributed by atoms with Gasteiger partial charge in [-0.3, -0.25) is 20.2 Å². The van der Waals surface area contributed by atoms with Crippen LogP contribution in [0.1, 0.15) is 25.0 Å². The van der Waals surface area contributed by atoms with Crippen LogP contribution in [0.15, 0.2) is 63.6 Å². The number of nitrogens with one attached hydrogen (secondary N) is 1. The van der Waals surface area contributed by atoms with Gasteiger partial charge in [0.05, 0.1) is 16.0 Å². The van der Waals surface area contributed by atoms with Crippen molar-refractivity contribution in [1.29, 1.82) is 0 Å². The van der Waals surface area contributed by atoms with E-state index in [2.05, 4.69) is 34.3 Å². The molecule has 2 aromatic rings. The minimum atomic E-state index is -0.461. The predicted octanol–water partition coefficient (Wildman–Crippen LogP) is 4.04. The highest BCUT2D eigenvalue weighted by molar-refractivity contribution is 8.18. The van der Waals surface area contributed by atoms with Crippen LogP contribution in [-0.2, 0) is 4.79 Å². The number of thioether (sulfide) groups is 1. The van der Waals surface area contributed by atoms with Gasteiger partial charge in [-0.25, -0.2) is 0 Å². The second kappa shape index (κ2) is 9.84. The van der Waals surface area contributed by atoms with E-state index in [1.54, 1.807) is 12.1 Å². The lowest BCUT2D eigenvalue weighted by Crippen LogP contribution is -2.21. The van der Waals surface area contributed by atoms with Crippen molar-refractivity contribution >= 4 is 46.5 Å². The van der Waals surface area contributed by atoms with Crippen molar-refractivity contribution in [3.8, 4) is 0 Å². The Hall–Kier alpha value is -3.46. The van der Waals surface area contributed by atoms with Gasteiger partial charge in [0.1, 0.15) is 0 Å². The molecule has 1 saturated heterocycles. The zero-order chi connectivity index (χ0) is 21.5. The van der Waals surface area contributed by atoms with Gasteiger partial charge in [-0.2, -0.15) is 5.10 Å². The van der Waals surface area contributed by atoms with Crippen LogP contribution >= 0.6 is 11.8 Å². The van der Waals surface area contributed by atoms with Crippen LogP contribution in [0.3, 0.4) is 0 Å². The molecule has 1 fully saturated rings. The van der Waals surface area contributed by atoms with Crippen LogP contribution in [-0.4, -0.2) is 35.3 Å². The number of non-ortho nitro benzene ring substituents is 1. The molecule has 1 heterocycles. The van der Waals surface area contributed by atoms with Gasteiger partial charge in [-0.15, -0.1) is 5.10 Å². The van der Waals surface area contributed by atoms with Gasteiger partial charge in [-0.1, -0.05) is 12.1 Å². The number of nitrogens with zero attached hydrogens (tertiary/aromatic N) is 4. The number of anilines is 1. The molecule has 30 heavy (non-hydrogen) atoms. The number of benzene rings is 2. The van der Waals surface area contributed by atoms with Gasteiger partial charge in [-0.05, 0) is 67.1 Å². The molecule has 1 aliphatic heterocycles. The largest absolute Gasteiger partial charge is 0.372 e. The average Bonchev–Trinajstić information content (AvgIpc) is 3.09. The van der Waals surface area contributed by atoms with Crippen LogP contribution in [0.4, 0.5) is 11.4 Å². The van der Waals surface area contributed by atoms with Crippen molar-refractivity contribution < 1.29 is 9.72 Å². The molecular formula is C21H21N5O3S. The first-order valence-corrected chi connectivity index (χ1v) is 10.2. The normalized spacial score (nSPS) is 16.4. The quantitative estimate of drug-likeness (QED) is 0.314. The molecule has 0 saturated carbocycles. The second-order valence-electron chi connectivity index (χ2n) is 6.33. The number of nitro benzene ring substituents is 1. The molecule has 154 valence electrons. The number of hydrogen-bond acceptors (Lipinski definition) is 7. The summed E-state index contributed by atoms with van der Waals surface area (Å²) in [6.07, 6.45) is 3.28. The monoisotopic (exact) mass is 423 g/mol. The minimum Gasteiger partial charge on any atom is -0.372 e. The lowest BCUT2D eigenvalue weighted by atomic mass is 10.2. The number of carbonyl (C=O) groups excluding carboxylic acids is 1. The molecule has 3 rings (SSSR count). The van der Waals surface area contributed by atoms with Gasteiger partial charge >= 0.3 is 0 Å². The molecular weight excluding hydrogens is 402 g/mol. The fraction of sp³-hybridized carbons (Fsp3) is 0.190. The highest BCUT2D eigenvalue weighted by atomic mass is 32.2. The highest BCUT2D eigenvalue weighted by Crippen LogP contribution is 2.26. The Bertz CT molecular complexity index is 1010. The molecule has 0 radical (unpaired) electrons. The van der Waals surface area contributed by atoms with Crippen LogP contribution in [0.25, 0.3) is 6.08 Å². The van der Waals surface area contributed by atoms with Crippen molar-refractivity contribution in [3.05, 3.63) is 74.7 Å². The third-order valence-electron chi connectivity index (χ3n) is 4.43. The van der Waals surface area contributed by atoms with Crippen molar-refractivity contribution in [3.63, 3.8) is 0 Å². The summed E-state index contributed by atoms with van der Waals surface area (Å²) in [5, 5.41) is 21.7. The van der Waals surface area contributed by atoms with Crippen molar-refractivity contribution in [2.24, 2.45) is 10.2 Å². The first kappa shape index (κ1) is 21.3. The Balaban J connectivity index is 1.66. The molecule has 8 nitrogen and oxygen atoms in total. The molecule has 1 amide bonds. The molecule has 0 aromatic heterocycles. The highest BCUT2D eigenvalue weighted by Gasteiger charge is 2.23. The van der Waals surface area contributed by atoms with Gasteiger partial charge in [0, 0.05) is 30.9 Å². The Kier molecular flexibility index (Phi) is 6.97. The summed E-state index contributed by atoms with van der Waals surface area (Å²) in [7, 11) is 0. The molecule has 0 spiro atoms. The number of carbonyl (C=O) groups is 1. The number of nitro groups is 1. The van der Waals surface area contributed by atoms with E-state index in [0.29, 0.717) is 15.6 Å². The van der Waals surface area contributed by atoms with Crippen LogP contribution in [0.2, 0.25) is 0 Å². The third-order valence-corrected chi connectivity index (χ3v) is 5.33.